The van der Waals surface area contributed by atoms with Crippen LogP contribution in [0.5, 0.6) is 0 Å². The van der Waals surface area contributed by atoms with Crippen LogP contribution in [0, 0.1) is 0 Å². The Balaban J connectivity index is 2.27. The number of para-hydroxylation sites is 1. The molecule has 89 valence electrons. The van der Waals surface area contributed by atoms with Gasteiger partial charge in [0, 0.05) is 12.8 Å². The number of carbonyl (C=O) groups is 1. The minimum absolute atomic E-state index is 0.168. The van der Waals surface area contributed by atoms with Gasteiger partial charge >= 0.3 is 5.97 Å². The molecule has 0 aromatic heterocycles. The third kappa shape index (κ3) is 2.19. The van der Waals surface area contributed by atoms with Gasteiger partial charge in [-0.1, -0.05) is 18.2 Å². The second-order valence-corrected chi connectivity index (χ2v) is 4.56. The van der Waals surface area contributed by atoms with Gasteiger partial charge in [0.25, 0.3) is 0 Å². The monoisotopic (exact) mass is 250 g/mol. The lowest BCUT2D eigenvalue weighted by molar-refractivity contribution is -0.169. The molecular weight excluding hydrogens is 238 g/mol. The molecule has 0 saturated carbocycles. The van der Waals surface area contributed by atoms with Gasteiger partial charge in [-0.3, -0.25) is 0 Å². The summed E-state index contributed by atoms with van der Waals surface area (Å²) in [7, 11) is 4.62. The number of benzene rings is 1. The Kier molecular flexibility index (Phi) is 3.19. The van der Waals surface area contributed by atoms with Crippen molar-refractivity contribution in [2.75, 3.05) is 18.6 Å². The minimum atomic E-state index is -1.43. The first-order chi connectivity index (χ1) is 8.07. The molecule has 1 aromatic rings. The fourth-order valence-electron chi connectivity index (χ4n) is 1.71. The normalized spacial score (nSPS) is 28.4. The molecule has 1 saturated heterocycles. The zero-order chi connectivity index (χ0) is 12.5. The Morgan fingerprint density at radius 3 is 2.76 bits per heavy atom. The van der Waals surface area contributed by atoms with Crippen LogP contribution in [0.15, 0.2) is 30.3 Å². The summed E-state index contributed by atoms with van der Waals surface area (Å²) in [5, 5.41) is 7.66. The van der Waals surface area contributed by atoms with Gasteiger partial charge in [0.05, 0.1) is 16.8 Å². The van der Waals surface area contributed by atoms with Crippen molar-refractivity contribution in [3.05, 3.63) is 30.3 Å². The van der Waals surface area contributed by atoms with Crippen LogP contribution in [0.3, 0.4) is 0 Å². The average Bonchev–Trinajstić information content (AvgIpc) is 2.69. The van der Waals surface area contributed by atoms with Crippen molar-refractivity contribution < 1.29 is 19.4 Å². The molecule has 1 heterocycles. The molecule has 0 amide bonds. The van der Waals surface area contributed by atoms with Crippen molar-refractivity contribution in [3.8, 4) is 0 Å². The third-order valence-electron chi connectivity index (χ3n) is 2.58. The summed E-state index contributed by atoms with van der Waals surface area (Å²) in [6.45, 7) is 0.168. The minimum Gasteiger partial charge on any atom is -0.479 e. The molecule has 0 spiro atoms. The highest BCUT2D eigenvalue weighted by molar-refractivity contribution is 6.26. The molecule has 5 nitrogen and oxygen atoms in total. The maximum Gasteiger partial charge on any atom is 0.333 e. The molecule has 0 aliphatic carbocycles. The van der Waals surface area contributed by atoms with Crippen LogP contribution in [-0.4, -0.2) is 46.6 Å². The molecule has 1 unspecified atom stereocenters. The Labute approximate surface area is 102 Å². The smallest absolute Gasteiger partial charge is 0.333 e. The quantitative estimate of drug-likeness (QED) is 0.787. The van der Waals surface area contributed by atoms with E-state index in [1.807, 2.05) is 30.3 Å². The number of rotatable bonds is 3. The summed E-state index contributed by atoms with van der Waals surface area (Å²) in [5.74, 6) is -1.07. The predicted molar refractivity (Wildman–Crippen MR) is 61.8 cm³/mol. The van der Waals surface area contributed by atoms with Gasteiger partial charge in [0.15, 0.2) is 5.22 Å². The summed E-state index contributed by atoms with van der Waals surface area (Å²) < 4.78 is 10.5. The first kappa shape index (κ1) is 12.1. The fraction of sp³-hybridized carbons (Fsp3) is 0.364. The molecule has 0 bridgehead atoms. The van der Waals surface area contributed by atoms with E-state index in [1.165, 1.54) is 7.11 Å². The molecule has 6 heteroatoms. The van der Waals surface area contributed by atoms with E-state index < -0.39 is 17.6 Å². The Hall–Kier alpha value is -1.37. The summed E-state index contributed by atoms with van der Waals surface area (Å²) in [6, 6.07) is 9.37. The summed E-state index contributed by atoms with van der Waals surface area (Å²) in [6.07, 6.45) is -0.717. The van der Waals surface area contributed by atoms with Crippen LogP contribution < -0.4 is 4.90 Å². The van der Waals surface area contributed by atoms with Gasteiger partial charge in [-0.25, -0.2) is 4.79 Å². The summed E-state index contributed by atoms with van der Waals surface area (Å²) in [5.41, 5.74) is 0.848. The molecule has 1 N–H and O–H groups in total. The summed E-state index contributed by atoms with van der Waals surface area (Å²) >= 11 is 0. The Morgan fingerprint density at radius 2 is 2.24 bits per heavy atom. The van der Waals surface area contributed by atoms with E-state index in [0.717, 1.165) is 5.69 Å². The zero-order valence-electron chi connectivity index (χ0n) is 9.29. The van der Waals surface area contributed by atoms with Crippen molar-refractivity contribution in [1.29, 1.82) is 0 Å². The van der Waals surface area contributed by atoms with Gasteiger partial charge in [-0.05, 0) is 12.1 Å². The van der Waals surface area contributed by atoms with Gasteiger partial charge < -0.3 is 19.5 Å². The fourth-order valence-corrected chi connectivity index (χ4v) is 1.98. The van der Waals surface area contributed by atoms with E-state index in [-0.39, 0.29) is 6.54 Å². The molecule has 1 aliphatic heterocycles. The van der Waals surface area contributed by atoms with Crippen molar-refractivity contribution in [3.63, 3.8) is 0 Å². The van der Waals surface area contributed by atoms with Crippen LogP contribution in [0.1, 0.15) is 0 Å². The number of aliphatic carboxylic acids is 1. The van der Waals surface area contributed by atoms with Crippen LogP contribution in [0.25, 0.3) is 0 Å². The summed E-state index contributed by atoms with van der Waals surface area (Å²) in [4.78, 5) is 12.8. The van der Waals surface area contributed by atoms with E-state index in [2.05, 4.69) is 10.2 Å². The van der Waals surface area contributed by atoms with Gasteiger partial charge in [-0.2, -0.15) is 0 Å². The lowest BCUT2D eigenvalue weighted by Gasteiger charge is -2.22. The third-order valence-corrected chi connectivity index (χ3v) is 3.07. The second-order valence-electron chi connectivity index (χ2n) is 3.76. The largest absolute Gasteiger partial charge is 0.479 e. The number of methoxy groups -OCH3 is 1. The van der Waals surface area contributed by atoms with Gasteiger partial charge in [0.1, 0.15) is 0 Å². The molecular formula is C11H12NO4Si. The van der Waals surface area contributed by atoms with Crippen LogP contribution >= 0.6 is 0 Å². The van der Waals surface area contributed by atoms with Crippen LogP contribution in [0.2, 0.25) is 0 Å². The lowest BCUT2D eigenvalue weighted by atomic mass is 10.2. The number of hydrogen-bond acceptors (Lipinski definition) is 4. The standard InChI is InChI=1S/C11H12NO4Si/c1-15-10-12(8-5-3-2-4-6-8)7-11(17,16-10)9(13)14/h2-6,10H,7H2,1H3,(H,13,14)/t10?,11-/m1/s1. The maximum atomic E-state index is 11.1. The zero-order valence-corrected chi connectivity index (χ0v) is 10.3. The van der Waals surface area contributed by atoms with E-state index in [9.17, 15) is 4.79 Å². The number of carboxylic acid groups (broad SMARTS) is 1. The van der Waals surface area contributed by atoms with Crippen molar-refractivity contribution in [2.45, 2.75) is 11.6 Å². The van der Waals surface area contributed by atoms with Gasteiger partial charge in [-0.15, -0.1) is 0 Å². The van der Waals surface area contributed by atoms with Crippen molar-refractivity contribution in [2.24, 2.45) is 0 Å². The molecule has 3 radical (unpaired) electrons. The highest BCUT2D eigenvalue weighted by Gasteiger charge is 2.47. The van der Waals surface area contributed by atoms with E-state index >= 15 is 0 Å². The van der Waals surface area contributed by atoms with E-state index in [0.29, 0.717) is 0 Å². The first-order valence-corrected chi connectivity index (χ1v) is 5.57. The molecule has 1 fully saturated rings. The SMILES string of the molecule is COC1O[C@]([Si])(C(=O)O)CN1c1ccccc1. The van der Waals surface area contributed by atoms with Crippen LogP contribution in [0.4, 0.5) is 5.69 Å². The second kappa shape index (κ2) is 4.48. The van der Waals surface area contributed by atoms with E-state index in [4.69, 9.17) is 14.6 Å². The number of carboxylic acids is 1. The number of anilines is 1. The van der Waals surface area contributed by atoms with Crippen molar-refractivity contribution >= 4 is 21.9 Å². The highest BCUT2D eigenvalue weighted by atomic mass is 28.1. The highest BCUT2D eigenvalue weighted by Crippen LogP contribution is 2.29. The number of ether oxygens (including phenoxy) is 2. The number of hydrogen-bond donors (Lipinski definition) is 1. The lowest BCUT2D eigenvalue weighted by Crippen LogP contribution is -2.43. The molecule has 2 rings (SSSR count). The predicted octanol–water partition coefficient (Wildman–Crippen LogP) is 0.403. The topological polar surface area (TPSA) is 59.0 Å². The first-order valence-electron chi connectivity index (χ1n) is 5.07. The molecule has 1 aliphatic rings. The number of nitrogens with zero attached hydrogens (tertiary/aromatic N) is 1. The molecule has 17 heavy (non-hydrogen) atoms. The Bertz CT molecular complexity index is 413. The maximum absolute atomic E-state index is 11.1. The molecule has 1 aromatic carbocycles. The Morgan fingerprint density at radius 1 is 1.59 bits per heavy atom. The van der Waals surface area contributed by atoms with Crippen LogP contribution in [-0.2, 0) is 14.3 Å². The van der Waals surface area contributed by atoms with Gasteiger partial charge in [0.2, 0.25) is 6.41 Å². The van der Waals surface area contributed by atoms with E-state index in [1.54, 1.807) is 4.90 Å². The van der Waals surface area contributed by atoms with Crippen molar-refractivity contribution in [1.82, 2.24) is 0 Å². The average molecular weight is 250 g/mol. The molecule has 2 atom stereocenters.